The van der Waals surface area contributed by atoms with E-state index in [1.54, 1.807) is 18.9 Å². The van der Waals surface area contributed by atoms with Gasteiger partial charge in [-0.3, -0.25) is 9.89 Å². The first-order valence-electron chi connectivity index (χ1n) is 10.4. The fourth-order valence-corrected chi connectivity index (χ4v) is 3.98. The van der Waals surface area contributed by atoms with Crippen molar-refractivity contribution in [3.05, 3.63) is 29.5 Å². The lowest BCUT2D eigenvalue weighted by atomic mass is 10.1. The fourth-order valence-electron chi connectivity index (χ4n) is 2.93. The summed E-state index contributed by atoms with van der Waals surface area (Å²) in [5.74, 6) is 1.55. The minimum Gasteiger partial charge on any atom is -0.497 e. The van der Waals surface area contributed by atoms with E-state index < -0.39 is 0 Å². The lowest BCUT2D eigenvalue weighted by Crippen LogP contribution is -2.41. The number of unbranched alkanes of at least 4 members (excludes halogenated alkanes) is 1. The van der Waals surface area contributed by atoms with E-state index in [-0.39, 0.29) is 5.91 Å². The van der Waals surface area contributed by atoms with Crippen LogP contribution in [0.4, 0.5) is 0 Å². The lowest BCUT2D eigenvalue weighted by molar-refractivity contribution is 0.0298. The Kier molecular flexibility index (Phi) is 9.54. The van der Waals surface area contributed by atoms with Gasteiger partial charge in [-0.1, -0.05) is 40.5 Å². The third kappa shape index (κ3) is 5.54. The van der Waals surface area contributed by atoms with Gasteiger partial charge in [0.15, 0.2) is 0 Å². The molecule has 2 aliphatic heterocycles. The van der Waals surface area contributed by atoms with Crippen LogP contribution in [0.2, 0.25) is 0 Å². The molecule has 0 atom stereocenters. The molecule has 1 aromatic carbocycles. The minimum atomic E-state index is 0.00833. The van der Waals surface area contributed by atoms with Gasteiger partial charge in [-0.15, -0.1) is 11.8 Å². The van der Waals surface area contributed by atoms with Gasteiger partial charge in [-0.25, -0.2) is 0 Å². The largest absolute Gasteiger partial charge is 0.497 e. The molecule has 0 aliphatic carbocycles. The monoisotopic (exact) mass is 419 g/mol. The highest BCUT2D eigenvalue weighted by Gasteiger charge is 2.29. The van der Waals surface area contributed by atoms with Crippen molar-refractivity contribution < 1.29 is 14.3 Å². The van der Waals surface area contributed by atoms with Crippen LogP contribution in [-0.2, 0) is 10.5 Å². The summed E-state index contributed by atoms with van der Waals surface area (Å²) in [6.45, 7) is 10.8. The van der Waals surface area contributed by atoms with Gasteiger partial charge in [0.05, 0.1) is 26.0 Å². The molecular weight excluding hydrogens is 386 g/mol. The normalized spacial score (nSPS) is 14.4. The minimum absolute atomic E-state index is 0.00833. The van der Waals surface area contributed by atoms with E-state index >= 15 is 0 Å². The van der Waals surface area contributed by atoms with Gasteiger partial charge in [-0.05, 0) is 18.2 Å². The number of carbonyl (C=O) groups is 1. The first-order valence-corrected chi connectivity index (χ1v) is 11.4. The Bertz CT molecular complexity index is 784. The van der Waals surface area contributed by atoms with Gasteiger partial charge < -0.3 is 14.4 Å². The maximum Gasteiger partial charge on any atom is 0.272 e. The molecule has 4 rings (SSSR count). The van der Waals surface area contributed by atoms with Gasteiger partial charge in [0.1, 0.15) is 11.4 Å². The van der Waals surface area contributed by atoms with Crippen LogP contribution in [0.15, 0.2) is 23.1 Å². The van der Waals surface area contributed by atoms with Crippen molar-refractivity contribution >= 4 is 17.7 Å². The summed E-state index contributed by atoms with van der Waals surface area (Å²) < 4.78 is 10.6. The molecule has 2 aliphatic rings. The van der Waals surface area contributed by atoms with Crippen molar-refractivity contribution in [1.82, 2.24) is 15.1 Å². The quantitative estimate of drug-likeness (QED) is 0.759. The van der Waals surface area contributed by atoms with Gasteiger partial charge in [0, 0.05) is 34.9 Å². The third-order valence-electron chi connectivity index (χ3n) is 4.69. The second kappa shape index (κ2) is 11.9. The number of ether oxygens (including phenoxy) is 2. The zero-order valence-electron chi connectivity index (χ0n) is 18.2. The van der Waals surface area contributed by atoms with Crippen LogP contribution >= 0.6 is 11.8 Å². The van der Waals surface area contributed by atoms with E-state index in [4.69, 9.17) is 9.47 Å². The molecule has 6 nitrogen and oxygen atoms in total. The molecule has 1 amide bonds. The number of amides is 1. The summed E-state index contributed by atoms with van der Waals surface area (Å²) in [5, 5.41) is 7.37. The Balaban J connectivity index is 0.000000449. The van der Waals surface area contributed by atoms with Gasteiger partial charge >= 0.3 is 0 Å². The molecule has 3 heterocycles. The molecule has 0 spiro atoms. The Morgan fingerprint density at radius 1 is 1.24 bits per heavy atom. The summed E-state index contributed by atoms with van der Waals surface area (Å²) in [7, 11) is 1.65. The molecule has 1 aromatic heterocycles. The van der Waals surface area contributed by atoms with Crippen molar-refractivity contribution in [2.45, 2.75) is 51.2 Å². The molecule has 7 heteroatoms. The number of methoxy groups -OCH3 is 1. The molecular formula is C22H33N3O3S. The van der Waals surface area contributed by atoms with Crippen molar-refractivity contribution in [2.75, 3.05) is 33.4 Å². The number of nitrogens with zero attached hydrogens (tertiary/aromatic N) is 2. The summed E-state index contributed by atoms with van der Waals surface area (Å²) >= 11 is 1.72. The van der Waals surface area contributed by atoms with Crippen LogP contribution in [0.1, 0.15) is 56.6 Å². The molecule has 29 heavy (non-hydrogen) atoms. The van der Waals surface area contributed by atoms with E-state index in [0.29, 0.717) is 32.0 Å². The predicted molar refractivity (Wildman–Crippen MR) is 119 cm³/mol. The topological polar surface area (TPSA) is 67.5 Å². The number of fused-ring (bicyclic) bond motifs is 3. The van der Waals surface area contributed by atoms with Crippen LogP contribution in [0, 0.1) is 0 Å². The van der Waals surface area contributed by atoms with Crippen LogP contribution in [0.25, 0.3) is 11.3 Å². The molecule has 1 fully saturated rings. The Hall–Kier alpha value is -1.99. The number of H-pyrrole nitrogens is 1. The van der Waals surface area contributed by atoms with E-state index in [9.17, 15) is 4.79 Å². The van der Waals surface area contributed by atoms with Crippen LogP contribution in [0.5, 0.6) is 5.75 Å². The van der Waals surface area contributed by atoms with Crippen LogP contribution in [0.3, 0.4) is 0 Å². The highest BCUT2D eigenvalue weighted by atomic mass is 32.2. The van der Waals surface area contributed by atoms with Crippen molar-refractivity contribution in [2.24, 2.45) is 0 Å². The first kappa shape index (κ1) is 23.3. The fraction of sp³-hybridized carbons (Fsp3) is 0.545. The number of rotatable bonds is 3. The third-order valence-corrected chi connectivity index (χ3v) is 5.79. The van der Waals surface area contributed by atoms with E-state index in [0.717, 1.165) is 33.2 Å². The van der Waals surface area contributed by atoms with Crippen LogP contribution in [-0.4, -0.2) is 54.4 Å². The number of carbonyl (C=O) groups excluding carboxylic acids is 1. The lowest BCUT2D eigenvalue weighted by Gasteiger charge is -2.27. The number of hydrogen-bond acceptors (Lipinski definition) is 5. The number of hydrogen-bond donors (Lipinski definition) is 1. The van der Waals surface area contributed by atoms with Gasteiger partial charge in [-0.2, -0.15) is 5.10 Å². The second-order valence-electron chi connectivity index (χ2n) is 6.48. The van der Waals surface area contributed by atoms with E-state index in [1.807, 2.05) is 36.9 Å². The van der Waals surface area contributed by atoms with Crippen LogP contribution < -0.4 is 4.74 Å². The summed E-state index contributed by atoms with van der Waals surface area (Å²) in [4.78, 5) is 15.7. The molecule has 0 saturated carbocycles. The van der Waals surface area contributed by atoms with E-state index in [2.05, 4.69) is 24.0 Å². The molecule has 0 radical (unpaired) electrons. The highest BCUT2D eigenvalue weighted by molar-refractivity contribution is 7.98. The Morgan fingerprint density at radius 3 is 2.55 bits per heavy atom. The highest BCUT2D eigenvalue weighted by Crippen LogP contribution is 2.43. The molecule has 1 N–H and O–H groups in total. The molecule has 1 saturated heterocycles. The number of morpholine rings is 1. The van der Waals surface area contributed by atoms with Crippen molar-refractivity contribution in [3.63, 3.8) is 0 Å². The predicted octanol–water partition coefficient (Wildman–Crippen LogP) is 5.00. The summed E-state index contributed by atoms with van der Waals surface area (Å²) in [6.07, 6.45) is 2.64. The standard InChI is InChI=1S/C16H17N3O3S.C4H10.C2H6/c1-21-10-2-3-13-11(8-10)14-12(9-23-13)15(18-17-14)16(20)19-4-6-22-7-5-19;1-3-4-2;1-2/h2-3,8H,4-7,9H2,1H3,(H,17,18);3-4H2,1-2H3;1-2H3. The maximum atomic E-state index is 12.7. The molecule has 160 valence electrons. The zero-order valence-corrected chi connectivity index (χ0v) is 19.0. The number of thioether (sulfide) groups is 1. The molecule has 0 unspecified atom stereocenters. The van der Waals surface area contributed by atoms with E-state index in [1.165, 1.54) is 12.8 Å². The Morgan fingerprint density at radius 2 is 1.93 bits per heavy atom. The molecule has 0 bridgehead atoms. The SMILES string of the molecule is CC.CCCC.COc1ccc2c(c1)-c1n[nH]c(C(=O)N3CCOCC3)c1CS2. The van der Waals surface area contributed by atoms with Gasteiger partial charge in [0.2, 0.25) is 0 Å². The summed E-state index contributed by atoms with van der Waals surface area (Å²) in [5.41, 5.74) is 3.46. The second-order valence-corrected chi connectivity index (χ2v) is 7.50. The Labute approximate surface area is 178 Å². The number of aromatic nitrogens is 2. The van der Waals surface area contributed by atoms with Crippen molar-refractivity contribution in [3.8, 4) is 17.0 Å². The number of nitrogens with one attached hydrogen (secondary N) is 1. The number of benzene rings is 1. The smallest absolute Gasteiger partial charge is 0.272 e. The average molecular weight is 420 g/mol. The maximum absolute atomic E-state index is 12.7. The van der Waals surface area contributed by atoms with Gasteiger partial charge in [0.25, 0.3) is 5.91 Å². The number of aromatic amines is 1. The summed E-state index contributed by atoms with van der Waals surface area (Å²) in [6, 6.07) is 5.97. The first-order chi connectivity index (χ1) is 14.2. The van der Waals surface area contributed by atoms with Crippen molar-refractivity contribution in [1.29, 1.82) is 0 Å². The zero-order chi connectivity index (χ0) is 21.2. The average Bonchev–Trinajstić information content (AvgIpc) is 3.25. The molecule has 2 aromatic rings.